The molecule has 0 bridgehead atoms. The molecule has 6 nitrogen and oxygen atoms in total. The zero-order chi connectivity index (χ0) is 19.2. The Morgan fingerprint density at radius 3 is 2.89 bits per heavy atom. The standard InChI is InChI=1S/C21H24N2O4/c1-3-16-7-8-17-18(14(2)19(27-17)21(24)25)20(16)26-11-5-10-23-13-15-6-4-9-22-12-15/h4,6-9,12,23H,3,5,10-11,13H2,1-2H3,(H,24,25)/p-1. The lowest BCUT2D eigenvalue weighted by atomic mass is 10.0. The Kier molecular flexibility index (Phi) is 6.08. The molecule has 0 fully saturated rings. The van der Waals surface area contributed by atoms with Crippen molar-refractivity contribution in [1.82, 2.24) is 10.3 Å². The summed E-state index contributed by atoms with van der Waals surface area (Å²) in [4.78, 5) is 15.3. The molecule has 0 radical (unpaired) electrons. The molecule has 0 aliphatic heterocycles. The second-order valence-corrected chi connectivity index (χ2v) is 6.36. The van der Waals surface area contributed by atoms with Gasteiger partial charge in [-0.25, -0.2) is 0 Å². The molecule has 0 amide bonds. The van der Waals surface area contributed by atoms with E-state index < -0.39 is 5.97 Å². The van der Waals surface area contributed by atoms with Crippen LogP contribution in [0.2, 0.25) is 0 Å². The van der Waals surface area contributed by atoms with Gasteiger partial charge in [0.05, 0.1) is 12.0 Å². The van der Waals surface area contributed by atoms with E-state index in [2.05, 4.69) is 10.3 Å². The maximum Gasteiger partial charge on any atom is 0.153 e. The molecule has 2 heterocycles. The van der Waals surface area contributed by atoms with Crippen LogP contribution in [0.1, 0.15) is 40.6 Å². The first-order valence-electron chi connectivity index (χ1n) is 9.10. The van der Waals surface area contributed by atoms with Crippen LogP contribution in [0, 0.1) is 6.92 Å². The molecule has 2 aromatic heterocycles. The van der Waals surface area contributed by atoms with Gasteiger partial charge in [0.2, 0.25) is 0 Å². The Morgan fingerprint density at radius 1 is 1.33 bits per heavy atom. The molecule has 0 saturated carbocycles. The van der Waals surface area contributed by atoms with Crippen molar-refractivity contribution in [2.24, 2.45) is 0 Å². The number of carboxylic acids is 1. The molecule has 0 saturated heterocycles. The van der Waals surface area contributed by atoms with Crippen LogP contribution in [0.5, 0.6) is 5.75 Å². The van der Waals surface area contributed by atoms with E-state index in [1.807, 2.05) is 31.3 Å². The summed E-state index contributed by atoms with van der Waals surface area (Å²) in [7, 11) is 0. The Morgan fingerprint density at radius 2 is 2.19 bits per heavy atom. The molecule has 0 aliphatic carbocycles. The molecule has 3 aromatic rings. The van der Waals surface area contributed by atoms with Crippen LogP contribution in [0.25, 0.3) is 11.0 Å². The van der Waals surface area contributed by atoms with E-state index >= 15 is 0 Å². The predicted molar refractivity (Wildman–Crippen MR) is 101 cm³/mol. The molecule has 1 N–H and O–H groups in total. The van der Waals surface area contributed by atoms with Crippen LogP contribution in [0.3, 0.4) is 0 Å². The Hall–Kier alpha value is -2.86. The largest absolute Gasteiger partial charge is 0.542 e. The van der Waals surface area contributed by atoms with Gasteiger partial charge in [-0.2, -0.15) is 0 Å². The number of carbonyl (C=O) groups excluding carboxylic acids is 1. The SMILES string of the molecule is CCc1ccc2oc(C(=O)[O-])c(C)c2c1OCCCNCc1cccnc1. The highest BCUT2D eigenvalue weighted by Crippen LogP contribution is 2.36. The van der Waals surface area contributed by atoms with Crippen molar-refractivity contribution in [2.75, 3.05) is 13.2 Å². The highest BCUT2D eigenvalue weighted by atomic mass is 16.5. The van der Waals surface area contributed by atoms with E-state index in [4.69, 9.17) is 9.15 Å². The zero-order valence-electron chi connectivity index (χ0n) is 15.6. The first-order chi connectivity index (χ1) is 13.1. The highest BCUT2D eigenvalue weighted by Gasteiger charge is 2.18. The molecule has 3 rings (SSSR count). The van der Waals surface area contributed by atoms with Gasteiger partial charge in [0.1, 0.15) is 17.3 Å². The van der Waals surface area contributed by atoms with E-state index in [-0.39, 0.29) is 5.76 Å². The van der Waals surface area contributed by atoms with Crippen LogP contribution in [-0.2, 0) is 13.0 Å². The zero-order valence-corrected chi connectivity index (χ0v) is 15.6. The summed E-state index contributed by atoms with van der Waals surface area (Å²) in [5, 5.41) is 15.3. The summed E-state index contributed by atoms with van der Waals surface area (Å²) in [6, 6.07) is 7.65. The smallest absolute Gasteiger partial charge is 0.153 e. The molecule has 0 spiro atoms. The third-order valence-electron chi connectivity index (χ3n) is 4.49. The van der Waals surface area contributed by atoms with Gasteiger partial charge in [0, 0.05) is 24.5 Å². The van der Waals surface area contributed by atoms with Crippen LogP contribution < -0.4 is 15.2 Å². The van der Waals surface area contributed by atoms with E-state index in [1.54, 1.807) is 19.2 Å². The Bertz CT molecular complexity index is 919. The normalized spacial score (nSPS) is 11.0. The topological polar surface area (TPSA) is 87.4 Å². The van der Waals surface area contributed by atoms with Crippen molar-refractivity contribution in [2.45, 2.75) is 33.2 Å². The number of aromatic nitrogens is 1. The summed E-state index contributed by atoms with van der Waals surface area (Å²) < 4.78 is 11.5. The minimum atomic E-state index is -1.31. The van der Waals surface area contributed by atoms with Crippen LogP contribution >= 0.6 is 0 Å². The number of nitrogens with one attached hydrogen (secondary N) is 1. The number of pyridine rings is 1. The number of carboxylic acid groups (broad SMARTS) is 1. The minimum Gasteiger partial charge on any atom is -0.542 e. The molecular formula is C21H23N2O4-. The second kappa shape index (κ2) is 8.68. The number of benzene rings is 1. The first-order valence-corrected chi connectivity index (χ1v) is 9.10. The number of hydrogen-bond donors (Lipinski definition) is 1. The van der Waals surface area contributed by atoms with Crippen molar-refractivity contribution in [3.8, 4) is 5.75 Å². The molecule has 1 aromatic carbocycles. The fourth-order valence-electron chi connectivity index (χ4n) is 3.09. The van der Waals surface area contributed by atoms with E-state index in [0.29, 0.717) is 23.5 Å². The van der Waals surface area contributed by atoms with Gasteiger partial charge >= 0.3 is 0 Å². The third kappa shape index (κ3) is 4.28. The van der Waals surface area contributed by atoms with Crippen molar-refractivity contribution in [3.05, 3.63) is 59.1 Å². The average molecular weight is 367 g/mol. The van der Waals surface area contributed by atoms with Crippen molar-refractivity contribution in [1.29, 1.82) is 0 Å². The first kappa shape index (κ1) is 18.9. The number of furan rings is 1. The van der Waals surface area contributed by atoms with Crippen molar-refractivity contribution < 1.29 is 19.1 Å². The van der Waals surface area contributed by atoms with Crippen LogP contribution in [0.15, 0.2) is 41.1 Å². The Labute approximate surface area is 158 Å². The second-order valence-electron chi connectivity index (χ2n) is 6.36. The van der Waals surface area contributed by atoms with E-state index in [0.717, 1.165) is 42.4 Å². The molecule has 6 heteroatoms. The maximum atomic E-state index is 11.2. The van der Waals surface area contributed by atoms with Gasteiger partial charge in [0.25, 0.3) is 0 Å². The highest BCUT2D eigenvalue weighted by molar-refractivity contribution is 5.97. The third-order valence-corrected chi connectivity index (χ3v) is 4.49. The van der Waals surface area contributed by atoms with E-state index in [9.17, 15) is 9.90 Å². The molecule has 0 atom stereocenters. The summed E-state index contributed by atoms with van der Waals surface area (Å²) in [5.41, 5.74) is 3.22. The lowest BCUT2D eigenvalue weighted by molar-refractivity contribution is -0.257. The molecule has 0 unspecified atom stereocenters. The molecular weight excluding hydrogens is 344 g/mol. The van der Waals surface area contributed by atoms with Crippen LogP contribution in [0.4, 0.5) is 0 Å². The maximum absolute atomic E-state index is 11.2. The number of fused-ring (bicyclic) bond motifs is 1. The summed E-state index contributed by atoms with van der Waals surface area (Å²) in [6.07, 6.45) is 5.21. The number of aromatic carboxylic acids is 1. The van der Waals surface area contributed by atoms with Crippen molar-refractivity contribution in [3.63, 3.8) is 0 Å². The van der Waals surface area contributed by atoms with Gasteiger partial charge in [0.15, 0.2) is 5.76 Å². The van der Waals surface area contributed by atoms with Crippen molar-refractivity contribution >= 4 is 16.9 Å². The van der Waals surface area contributed by atoms with Gasteiger partial charge < -0.3 is 24.4 Å². The number of rotatable bonds is 9. The average Bonchev–Trinajstić information content (AvgIpc) is 3.02. The summed E-state index contributed by atoms with van der Waals surface area (Å²) in [6.45, 7) is 5.86. The molecule has 142 valence electrons. The molecule has 27 heavy (non-hydrogen) atoms. The van der Waals surface area contributed by atoms with Gasteiger partial charge in [-0.15, -0.1) is 0 Å². The lowest BCUT2D eigenvalue weighted by Gasteiger charge is -2.12. The lowest BCUT2D eigenvalue weighted by Crippen LogP contribution is -2.22. The van der Waals surface area contributed by atoms with E-state index in [1.165, 1.54) is 0 Å². The Balaban J connectivity index is 1.64. The fourth-order valence-corrected chi connectivity index (χ4v) is 3.09. The summed E-state index contributed by atoms with van der Waals surface area (Å²) in [5.74, 6) is -0.746. The van der Waals surface area contributed by atoms with Gasteiger partial charge in [-0.1, -0.05) is 19.1 Å². The quantitative estimate of drug-likeness (QED) is 0.585. The monoisotopic (exact) mass is 367 g/mol. The number of carbonyl (C=O) groups is 1. The number of aryl methyl sites for hydroxylation is 2. The van der Waals surface area contributed by atoms with Gasteiger partial charge in [-0.05, 0) is 49.6 Å². The van der Waals surface area contributed by atoms with Crippen LogP contribution in [-0.4, -0.2) is 24.1 Å². The summed E-state index contributed by atoms with van der Waals surface area (Å²) >= 11 is 0. The fraction of sp³-hybridized carbons (Fsp3) is 0.333. The number of ether oxygens (including phenoxy) is 1. The predicted octanol–water partition coefficient (Wildman–Crippen LogP) is 2.62. The molecule has 0 aliphatic rings. The number of nitrogens with zero attached hydrogens (tertiary/aromatic N) is 1. The minimum absolute atomic E-state index is 0.138. The number of hydrogen-bond acceptors (Lipinski definition) is 6. The van der Waals surface area contributed by atoms with Gasteiger partial charge in [-0.3, -0.25) is 4.98 Å².